The molecule has 0 bridgehead atoms. The van der Waals surface area contributed by atoms with E-state index in [0.29, 0.717) is 16.5 Å². The SMILES string of the molecule is CC.Cc1ccc(NC(=O)COc2ccc(Cl)cc2)cn1. The number of ether oxygens (including phenoxy) is 1. The molecule has 2 aromatic rings. The third-order valence-corrected chi connectivity index (χ3v) is 2.63. The lowest BCUT2D eigenvalue weighted by Gasteiger charge is -2.07. The van der Waals surface area contributed by atoms with Gasteiger partial charge in [-0.1, -0.05) is 25.4 Å². The first-order valence-corrected chi connectivity index (χ1v) is 7.12. The largest absolute Gasteiger partial charge is 0.484 e. The number of hydrogen-bond acceptors (Lipinski definition) is 3. The van der Waals surface area contributed by atoms with Gasteiger partial charge in [0.05, 0.1) is 11.9 Å². The van der Waals surface area contributed by atoms with E-state index >= 15 is 0 Å². The van der Waals surface area contributed by atoms with Gasteiger partial charge in [0.25, 0.3) is 5.91 Å². The van der Waals surface area contributed by atoms with E-state index in [-0.39, 0.29) is 12.5 Å². The Kier molecular flexibility index (Phi) is 7.26. The Morgan fingerprint density at radius 1 is 1.19 bits per heavy atom. The Morgan fingerprint density at radius 2 is 1.86 bits per heavy atom. The van der Waals surface area contributed by atoms with Crippen LogP contribution in [0.5, 0.6) is 5.75 Å². The summed E-state index contributed by atoms with van der Waals surface area (Å²) in [6.45, 7) is 5.82. The summed E-state index contributed by atoms with van der Waals surface area (Å²) in [5.41, 5.74) is 1.55. The van der Waals surface area contributed by atoms with Crippen molar-refractivity contribution in [1.29, 1.82) is 0 Å². The topological polar surface area (TPSA) is 51.2 Å². The lowest BCUT2D eigenvalue weighted by atomic mass is 10.3. The third kappa shape index (κ3) is 6.27. The molecule has 0 aliphatic heterocycles. The van der Waals surface area contributed by atoms with Gasteiger partial charge in [-0.2, -0.15) is 0 Å². The summed E-state index contributed by atoms with van der Waals surface area (Å²) in [7, 11) is 0. The maximum absolute atomic E-state index is 11.6. The molecule has 21 heavy (non-hydrogen) atoms. The van der Waals surface area contributed by atoms with Gasteiger partial charge >= 0.3 is 0 Å². The highest BCUT2D eigenvalue weighted by Gasteiger charge is 2.03. The summed E-state index contributed by atoms with van der Waals surface area (Å²) in [5.74, 6) is 0.363. The highest BCUT2D eigenvalue weighted by Crippen LogP contribution is 2.15. The van der Waals surface area contributed by atoms with Crippen LogP contribution in [0.3, 0.4) is 0 Å². The lowest BCUT2D eigenvalue weighted by Crippen LogP contribution is -2.20. The minimum absolute atomic E-state index is 0.0600. The molecule has 0 atom stereocenters. The van der Waals surface area contributed by atoms with Crippen molar-refractivity contribution in [2.24, 2.45) is 0 Å². The van der Waals surface area contributed by atoms with Crippen molar-refractivity contribution in [3.63, 3.8) is 0 Å². The van der Waals surface area contributed by atoms with Gasteiger partial charge < -0.3 is 10.1 Å². The maximum Gasteiger partial charge on any atom is 0.262 e. The van der Waals surface area contributed by atoms with Crippen LogP contribution >= 0.6 is 11.6 Å². The number of carbonyl (C=O) groups is 1. The maximum atomic E-state index is 11.6. The highest BCUT2D eigenvalue weighted by atomic mass is 35.5. The van der Waals surface area contributed by atoms with Crippen LogP contribution in [0.1, 0.15) is 19.5 Å². The first-order chi connectivity index (χ1) is 10.1. The average Bonchev–Trinajstić information content (AvgIpc) is 2.51. The van der Waals surface area contributed by atoms with Crippen molar-refractivity contribution in [3.8, 4) is 5.75 Å². The minimum atomic E-state index is -0.236. The van der Waals surface area contributed by atoms with Crippen molar-refractivity contribution in [2.75, 3.05) is 11.9 Å². The summed E-state index contributed by atoms with van der Waals surface area (Å²) in [5, 5.41) is 3.33. The zero-order chi connectivity index (χ0) is 15.7. The number of rotatable bonds is 4. The molecule has 0 saturated carbocycles. The van der Waals surface area contributed by atoms with Gasteiger partial charge in [0.15, 0.2) is 6.61 Å². The third-order valence-electron chi connectivity index (χ3n) is 2.38. The van der Waals surface area contributed by atoms with Gasteiger partial charge in [-0.3, -0.25) is 9.78 Å². The predicted molar refractivity (Wildman–Crippen MR) is 85.9 cm³/mol. The second-order valence-electron chi connectivity index (χ2n) is 3.98. The fraction of sp³-hybridized carbons (Fsp3) is 0.250. The van der Waals surface area contributed by atoms with E-state index in [4.69, 9.17) is 16.3 Å². The first kappa shape index (κ1) is 17.0. The molecular weight excluding hydrogens is 288 g/mol. The van der Waals surface area contributed by atoms with Crippen molar-refractivity contribution >= 4 is 23.2 Å². The average molecular weight is 307 g/mol. The summed E-state index contributed by atoms with van der Waals surface area (Å²) >= 11 is 5.75. The molecule has 1 heterocycles. The highest BCUT2D eigenvalue weighted by molar-refractivity contribution is 6.30. The number of carbonyl (C=O) groups excluding carboxylic acids is 1. The molecule has 0 saturated heterocycles. The van der Waals surface area contributed by atoms with Gasteiger partial charge in [-0.05, 0) is 43.3 Å². The smallest absolute Gasteiger partial charge is 0.262 e. The van der Waals surface area contributed by atoms with E-state index in [1.807, 2.05) is 26.8 Å². The van der Waals surface area contributed by atoms with Crippen molar-refractivity contribution < 1.29 is 9.53 Å². The molecule has 0 aliphatic carbocycles. The van der Waals surface area contributed by atoms with E-state index in [9.17, 15) is 4.79 Å². The molecule has 2 rings (SSSR count). The molecule has 1 aromatic carbocycles. The Labute approximate surface area is 130 Å². The van der Waals surface area contributed by atoms with Gasteiger partial charge in [-0.15, -0.1) is 0 Å². The second kappa shape index (κ2) is 8.97. The van der Waals surface area contributed by atoms with Crippen LogP contribution in [-0.4, -0.2) is 17.5 Å². The molecular formula is C16H19ClN2O2. The molecule has 5 heteroatoms. The molecule has 112 valence electrons. The zero-order valence-corrected chi connectivity index (χ0v) is 13.1. The molecule has 0 unspecified atom stereocenters. The summed E-state index contributed by atoms with van der Waals surface area (Å²) in [6, 6.07) is 10.5. The van der Waals surface area contributed by atoms with Gasteiger partial charge in [-0.25, -0.2) is 0 Å². The Hall–Kier alpha value is -2.07. The molecule has 0 fully saturated rings. The number of pyridine rings is 1. The van der Waals surface area contributed by atoms with Gasteiger partial charge in [0, 0.05) is 10.7 Å². The number of amides is 1. The van der Waals surface area contributed by atoms with Crippen molar-refractivity contribution in [3.05, 3.63) is 53.3 Å². The van der Waals surface area contributed by atoms with E-state index in [1.165, 1.54) is 0 Å². The number of aromatic nitrogens is 1. The summed E-state index contributed by atoms with van der Waals surface area (Å²) < 4.78 is 5.33. The number of anilines is 1. The normalized spacial score (nSPS) is 9.33. The second-order valence-corrected chi connectivity index (χ2v) is 4.42. The van der Waals surface area contributed by atoms with Crippen molar-refractivity contribution in [2.45, 2.75) is 20.8 Å². The Morgan fingerprint density at radius 3 is 2.43 bits per heavy atom. The predicted octanol–water partition coefficient (Wildman–Crippen LogP) is 4.09. The Bertz CT molecular complexity index is 553. The van der Waals surface area contributed by atoms with Crippen LogP contribution in [0.2, 0.25) is 5.02 Å². The van der Waals surface area contributed by atoms with Crippen LogP contribution in [-0.2, 0) is 4.79 Å². The number of nitrogens with zero attached hydrogens (tertiary/aromatic N) is 1. The standard InChI is InChI=1S/C14H13ClN2O2.C2H6/c1-10-2-5-12(8-16-10)17-14(18)9-19-13-6-3-11(15)4-7-13;1-2/h2-8H,9H2,1H3,(H,17,18);1-2H3. The van der Waals surface area contributed by atoms with Crippen LogP contribution in [0, 0.1) is 6.92 Å². The van der Waals surface area contributed by atoms with Crippen LogP contribution in [0.4, 0.5) is 5.69 Å². The van der Waals surface area contributed by atoms with E-state index < -0.39 is 0 Å². The quantitative estimate of drug-likeness (QED) is 0.925. The number of hydrogen-bond donors (Lipinski definition) is 1. The summed E-state index contributed by atoms with van der Waals surface area (Å²) in [6.07, 6.45) is 1.61. The molecule has 1 aromatic heterocycles. The van der Waals surface area contributed by atoms with E-state index in [1.54, 1.807) is 36.5 Å². The van der Waals surface area contributed by atoms with Crippen LogP contribution in [0.15, 0.2) is 42.6 Å². The number of aryl methyl sites for hydroxylation is 1. The molecule has 4 nitrogen and oxygen atoms in total. The van der Waals surface area contributed by atoms with E-state index in [2.05, 4.69) is 10.3 Å². The Balaban J connectivity index is 0.00000106. The molecule has 1 amide bonds. The summed E-state index contributed by atoms with van der Waals surface area (Å²) in [4.78, 5) is 15.7. The van der Waals surface area contributed by atoms with Crippen molar-refractivity contribution in [1.82, 2.24) is 4.98 Å². The first-order valence-electron chi connectivity index (χ1n) is 6.74. The molecule has 0 aliphatic rings. The molecule has 0 radical (unpaired) electrons. The number of nitrogens with one attached hydrogen (secondary N) is 1. The number of halogens is 1. The van der Waals surface area contributed by atoms with Gasteiger partial charge in [0.2, 0.25) is 0 Å². The van der Waals surface area contributed by atoms with E-state index in [0.717, 1.165) is 5.69 Å². The number of benzene rings is 1. The van der Waals surface area contributed by atoms with Crippen LogP contribution in [0.25, 0.3) is 0 Å². The van der Waals surface area contributed by atoms with Crippen LogP contribution < -0.4 is 10.1 Å². The monoisotopic (exact) mass is 306 g/mol. The lowest BCUT2D eigenvalue weighted by molar-refractivity contribution is -0.118. The van der Waals surface area contributed by atoms with Gasteiger partial charge in [0.1, 0.15) is 5.75 Å². The fourth-order valence-electron chi connectivity index (χ4n) is 1.42. The molecule has 0 spiro atoms. The minimum Gasteiger partial charge on any atom is -0.484 e. The molecule has 1 N–H and O–H groups in total. The zero-order valence-electron chi connectivity index (χ0n) is 12.4. The fourth-order valence-corrected chi connectivity index (χ4v) is 1.54.